The lowest BCUT2D eigenvalue weighted by Gasteiger charge is -2.34. The summed E-state index contributed by atoms with van der Waals surface area (Å²) in [5, 5.41) is 13.0. The zero-order chi connectivity index (χ0) is 11.8. The molecule has 0 bridgehead atoms. The topological polar surface area (TPSA) is 58.3 Å². The van der Waals surface area contributed by atoms with Crippen LogP contribution in [0.25, 0.3) is 0 Å². The quantitative estimate of drug-likeness (QED) is 0.632. The summed E-state index contributed by atoms with van der Waals surface area (Å²) in [5.41, 5.74) is 5.78. The highest BCUT2D eigenvalue weighted by Gasteiger charge is 2.25. The van der Waals surface area contributed by atoms with E-state index in [9.17, 15) is 5.11 Å². The summed E-state index contributed by atoms with van der Waals surface area (Å²) in [4.78, 5) is 0. The van der Waals surface area contributed by atoms with Crippen LogP contribution >= 0.6 is 11.8 Å². The first-order valence-electron chi connectivity index (χ1n) is 6.37. The van der Waals surface area contributed by atoms with Crippen molar-refractivity contribution < 1.29 is 5.11 Å². The fourth-order valence-electron chi connectivity index (χ4n) is 2.48. The number of thioether (sulfide) groups is 1. The minimum absolute atomic E-state index is 0.317. The number of rotatable bonds is 7. The van der Waals surface area contributed by atoms with E-state index in [4.69, 9.17) is 5.73 Å². The normalized spacial score (nSPS) is 27.9. The van der Waals surface area contributed by atoms with E-state index >= 15 is 0 Å². The molecule has 96 valence electrons. The summed E-state index contributed by atoms with van der Waals surface area (Å²) < 4.78 is 0. The van der Waals surface area contributed by atoms with Crippen molar-refractivity contribution in [2.75, 3.05) is 25.2 Å². The van der Waals surface area contributed by atoms with Gasteiger partial charge in [-0.15, -0.1) is 0 Å². The van der Waals surface area contributed by atoms with Gasteiger partial charge in [-0.1, -0.05) is 12.8 Å². The maximum Gasteiger partial charge on any atom is 0.0474 e. The third-order valence-electron chi connectivity index (χ3n) is 3.55. The SMILES string of the molecule is CSCCC(CN)NC1CCCCC1CO. The van der Waals surface area contributed by atoms with E-state index in [1.54, 1.807) is 0 Å². The molecule has 0 saturated heterocycles. The van der Waals surface area contributed by atoms with Gasteiger partial charge in [-0.3, -0.25) is 0 Å². The molecule has 3 nitrogen and oxygen atoms in total. The third-order valence-corrected chi connectivity index (χ3v) is 4.19. The molecule has 16 heavy (non-hydrogen) atoms. The second kappa shape index (κ2) is 8.34. The van der Waals surface area contributed by atoms with Crippen LogP contribution in [0.2, 0.25) is 0 Å². The van der Waals surface area contributed by atoms with Gasteiger partial charge in [-0.25, -0.2) is 0 Å². The average molecular weight is 246 g/mol. The molecule has 0 heterocycles. The number of aliphatic hydroxyl groups is 1. The Kier molecular flexibility index (Phi) is 7.45. The molecule has 0 aromatic heterocycles. The molecule has 0 amide bonds. The Labute approximate surface area is 104 Å². The van der Waals surface area contributed by atoms with Gasteiger partial charge in [-0.05, 0) is 37.2 Å². The first kappa shape index (κ1) is 14.3. The summed E-state index contributed by atoms with van der Waals surface area (Å²) in [6.45, 7) is 1.02. The van der Waals surface area contributed by atoms with Gasteiger partial charge in [0.05, 0.1) is 0 Å². The average Bonchev–Trinajstić information content (AvgIpc) is 2.34. The van der Waals surface area contributed by atoms with Gasteiger partial charge < -0.3 is 16.2 Å². The van der Waals surface area contributed by atoms with Crippen molar-refractivity contribution in [1.29, 1.82) is 0 Å². The van der Waals surface area contributed by atoms with Crippen LogP contribution < -0.4 is 11.1 Å². The molecule has 0 aromatic rings. The molecule has 0 spiro atoms. The van der Waals surface area contributed by atoms with Crippen LogP contribution in [-0.2, 0) is 0 Å². The summed E-state index contributed by atoms with van der Waals surface area (Å²) in [6, 6.07) is 0.902. The Hall–Kier alpha value is 0.230. The molecule has 0 aromatic carbocycles. The van der Waals surface area contributed by atoms with E-state index in [0.717, 1.165) is 18.6 Å². The van der Waals surface area contributed by atoms with Crippen LogP contribution in [0.3, 0.4) is 0 Å². The maximum atomic E-state index is 9.35. The first-order valence-corrected chi connectivity index (χ1v) is 7.77. The first-order chi connectivity index (χ1) is 7.81. The molecule has 0 radical (unpaired) electrons. The predicted octanol–water partition coefficient (Wildman–Crippen LogP) is 1.21. The second-order valence-corrected chi connectivity index (χ2v) is 5.70. The second-order valence-electron chi connectivity index (χ2n) is 4.71. The van der Waals surface area contributed by atoms with E-state index in [2.05, 4.69) is 11.6 Å². The van der Waals surface area contributed by atoms with Crippen LogP contribution in [0.1, 0.15) is 32.1 Å². The molecule has 0 aliphatic heterocycles. The Morgan fingerprint density at radius 2 is 2.19 bits per heavy atom. The fraction of sp³-hybridized carbons (Fsp3) is 1.00. The summed E-state index contributed by atoms with van der Waals surface area (Å²) in [5.74, 6) is 1.60. The molecule has 1 aliphatic rings. The van der Waals surface area contributed by atoms with Gasteiger partial charge in [0, 0.05) is 25.2 Å². The largest absolute Gasteiger partial charge is 0.396 e. The van der Waals surface area contributed by atoms with Gasteiger partial charge >= 0.3 is 0 Å². The smallest absolute Gasteiger partial charge is 0.0474 e. The Morgan fingerprint density at radius 3 is 2.81 bits per heavy atom. The van der Waals surface area contributed by atoms with Crippen LogP contribution in [0.5, 0.6) is 0 Å². The molecule has 3 atom stereocenters. The highest BCUT2D eigenvalue weighted by Crippen LogP contribution is 2.24. The van der Waals surface area contributed by atoms with Crippen molar-refractivity contribution in [3.8, 4) is 0 Å². The lowest BCUT2D eigenvalue weighted by atomic mass is 9.84. The van der Waals surface area contributed by atoms with Gasteiger partial charge in [0.1, 0.15) is 0 Å². The monoisotopic (exact) mass is 246 g/mol. The number of nitrogens with two attached hydrogens (primary N) is 1. The van der Waals surface area contributed by atoms with Gasteiger partial charge in [0.15, 0.2) is 0 Å². The highest BCUT2D eigenvalue weighted by atomic mass is 32.2. The van der Waals surface area contributed by atoms with Gasteiger partial charge in [0.25, 0.3) is 0 Å². The molecule has 1 fully saturated rings. The number of aliphatic hydroxyl groups excluding tert-OH is 1. The van der Waals surface area contributed by atoms with Crippen molar-refractivity contribution in [2.24, 2.45) is 11.7 Å². The van der Waals surface area contributed by atoms with E-state index in [-0.39, 0.29) is 0 Å². The van der Waals surface area contributed by atoms with Crippen molar-refractivity contribution in [3.63, 3.8) is 0 Å². The molecule has 1 saturated carbocycles. The Morgan fingerprint density at radius 1 is 1.44 bits per heavy atom. The molecular formula is C12H26N2OS. The number of nitrogens with one attached hydrogen (secondary N) is 1. The molecule has 3 unspecified atom stereocenters. The predicted molar refractivity (Wildman–Crippen MR) is 71.8 cm³/mol. The van der Waals surface area contributed by atoms with Crippen molar-refractivity contribution in [3.05, 3.63) is 0 Å². The Bertz CT molecular complexity index is 180. The number of hydrogen-bond donors (Lipinski definition) is 3. The number of hydrogen-bond acceptors (Lipinski definition) is 4. The summed E-state index contributed by atoms with van der Waals surface area (Å²) >= 11 is 1.87. The van der Waals surface area contributed by atoms with E-state index in [1.165, 1.54) is 19.3 Å². The zero-order valence-corrected chi connectivity index (χ0v) is 11.1. The van der Waals surface area contributed by atoms with Crippen molar-refractivity contribution in [1.82, 2.24) is 5.32 Å². The molecule has 4 N–H and O–H groups in total. The molecule has 4 heteroatoms. The summed E-state index contributed by atoms with van der Waals surface area (Å²) in [7, 11) is 0. The zero-order valence-electron chi connectivity index (χ0n) is 10.3. The minimum Gasteiger partial charge on any atom is -0.396 e. The van der Waals surface area contributed by atoms with Crippen LogP contribution in [0, 0.1) is 5.92 Å². The van der Waals surface area contributed by atoms with Gasteiger partial charge in [-0.2, -0.15) is 11.8 Å². The van der Waals surface area contributed by atoms with Crippen LogP contribution in [-0.4, -0.2) is 42.4 Å². The van der Waals surface area contributed by atoms with Crippen molar-refractivity contribution in [2.45, 2.75) is 44.2 Å². The van der Waals surface area contributed by atoms with E-state index < -0.39 is 0 Å². The van der Waals surface area contributed by atoms with Crippen LogP contribution in [0.15, 0.2) is 0 Å². The minimum atomic E-state index is 0.317. The lowest BCUT2D eigenvalue weighted by molar-refractivity contribution is 0.146. The van der Waals surface area contributed by atoms with Crippen molar-refractivity contribution >= 4 is 11.8 Å². The molecule has 1 aliphatic carbocycles. The summed E-state index contributed by atoms with van der Waals surface area (Å²) in [6.07, 6.45) is 8.17. The molecule has 1 rings (SSSR count). The van der Waals surface area contributed by atoms with E-state index in [1.807, 2.05) is 11.8 Å². The standard InChI is InChI=1S/C12H26N2OS/c1-16-7-6-11(8-13)14-12-5-3-2-4-10(12)9-15/h10-12,14-15H,2-9,13H2,1H3. The van der Waals surface area contributed by atoms with Gasteiger partial charge in [0.2, 0.25) is 0 Å². The maximum absolute atomic E-state index is 9.35. The van der Waals surface area contributed by atoms with E-state index in [0.29, 0.717) is 31.2 Å². The molecular weight excluding hydrogens is 220 g/mol. The highest BCUT2D eigenvalue weighted by molar-refractivity contribution is 7.98. The fourth-order valence-corrected chi connectivity index (χ4v) is 3.00. The Balaban J connectivity index is 2.35. The lowest BCUT2D eigenvalue weighted by Crippen LogP contribution is -2.48. The van der Waals surface area contributed by atoms with Crippen LogP contribution in [0.4, 0.5) is 0 Å². The third kappa shape index (κ3) is 4.62.